The molecule has 2 atom stereocenters. The van der Waals surface area contributed by atoms with E-state index in [-0.39, 0.29) is 18.2 Å². The van der Waals surface area contributed by atoms with Gasteiger partial charge in [0.1, 0.15) is 6.54 Å². The van der Waals surface area contributed by atoms with Crippen molar-refractivity contribution in [2.45, 2.75) is 45.8 Å². The Morgan fingerprint density at radius 2 is 1.67 bits per heavy atom. The van der Waals surface area contributed by atoms with Crippen LogP contribution in [0.25, 0.3) is 11.0 Å². The number of aromatic nitrogens is 2. The number of aryl methyl sites for hydroxylation is 1. The van der Waals surface area contributed by atoms with Gasteiger partial charge in [0.2, 0.25) is 0 Å². The third-order valence-electron chi connectivity index (χ3n) is 5.38. The van der Waals surface area contributed by atoms with Gasteiger partial charge in [-0.05, 0) is 43.0 Å². The van der Waals surface area contributed by atoms with Crippen LogP contribution in [-0.4, -0.2) is 27.1 Å². The topological polar surface area (TPSA) is 82.3 Å². The molecule has 0 fully saturated rings. The zero-order valence-corrected chi connectivity index (χ0v) is 17.7. The molecule has 1 N–H and O–H groups in total. The van der Waals surface area contributed by atoms with E-state index in [9.17, 15) is 14.4 Å². The highest BCUT2D eigenvalue weighted by molar-refractivity contribution is 5.95. The van der Waals surface area contributed by atoms with Crippen molar-refractivity contribution in [2.75, 3.05) is 5.32 Å². The minimum Gasteiger partial charge on any atom is -0.451 e. The Morgan fingerprint density at radius 3 is 2.37 bits per heavy atom. The molecular weight excluding hydrogens is 382 g/mol. The lowest BCUT2D eigenvalue weighted by atomic mass is 9.97. The molecule has 0 saturated carbocycles. The van der Waals surface area contributed by atoms with Gasteiger partial charge in [0.05, 0.1) is 11.0 Å². The van der Waals surface area contributed by atoms with Gasteiger partial charge >= 0.3 is 11.7 Å². The van der Waals surface area contributed by atoms with Crippen LogP contribution >= 0.6 is 0 Å². The van der Waals surface area contributed by atoms with E-state index in [0.29, 0.717) is 11.2 Å². The second-order valence-corrected chi connectivity index (χ2v) is 7.43. The molecule has 0 bridgehead atoms. The normalized spacial score (nSPS) is 13.1. The molecule has 30 heavy (non-hydrogen) atoms. The Labute approximate surface area is 175 Å². The number of carbonyl (C=O) groups excluding carboxylic acids is 2. The third-order valence-corrected chi connectivity index (χ3v) is 5.38. The fraction of sp³-hybridized carbons (Fsp3) is 0.348. The maximum atomic E-state index is 12.6. The average molecular weight is 409 g/mol. The molecule has 0 aliphatic rings. The number of imidazole rings is 1. The van der Waals surface area contributed by atoms with Crippen molar-refractivity contribution in [1.29, 1.82) is 0 Å². The predicted octanol–water partition coefficient (Wildman–Crippen LogP) is 3.42. The second kappa shape index (κ2) is 8.98. The lowest BCUT2D eigenvalue weighted by molar-refractivity contribution is -0.153. The van der Waals surface area contributed by atoms with E-state index in [1.165, 1.54) is 16.1 Å². The SMILES string of the molecule is CCC(C)c1ccccc1NC(=O)C(C)OC(=O)Cn1c(=O)n(C)c2ccccc21. The standard InChI is InChI=1S/C23H27N3O4/c1-5-15(2)17-10-6-7-11-18(17)24-22(28)16(3)30-21(27)14-26-20-13-9-8-12-19(20)25(4)23(26)29/h6-13,15-16H,5,14H2,1-4H3,(H,24,28). The molecular formula is C23H27N3O4. The first-order valence-electron chi connectivity index (χ1n) is 10.1. The quantitative estimate of drug-likeness (QED) is 0.606. The smallest absolute Gasteiger partial charge is 0.329 e. The highest BCUT2D eigenvalue weighted by Gasteiger charge is 2.21. The number of anilines is 1. The number of nitrogens with one attached hydrogen (secondary N) is 1. The molecule has 158 valence electrons. The molecule has 2 aromatic carbocycles. The number of nitrogens with zero attached hydrogens (tertiary/aromatic N) is 2. The fourth-order valence-electron chi connectivity index (χ4n) is 3.43. The summed E-state index contributed by atoms with van der Waals surface area (Å²) in [4.78, 5) is 37.5. The van der Waals surface area contributed by atoms with E-state index >= 15 is 0 Å². The van der Waals surface area contributed by atoms with Crippen LogP contribution in [0.4, 0.5) is 5.69 Å². The number of rotatable bonds is 7. The molecule has 0 saturated heterocycles. The minimum atomic E-state index is -0.992. The molecule has 2 unspecified atom stereocenters. The average Bonchev–Trinajstić information content (AvgIpc) is 2.98. The number of ether oxygens (including phenoxy) is 1. The van der Waals surface area contributed by atoms with Crippen LogP contribution in [0.5, 0.6) is 0 Å². The van der Waals surface area contributed by atoms with Crippen molar-refractivity contribution in [3.8, 4) is 0 Å². The molecule has 3 rings (SSSR count). The van der Waals surface area contributed by atoms with E-state index in [1.54, 1.807) is 19.2 Å². The summed E-state index contributed by atoms with van der Waals surface area (Å²) < 4.78 is 8.13. The highest BCUT2D eigenvalue weighted by Crippen LogP contribution is 2.26. The first kappa shape index (κ1) is 21.4. The predicted molar refractivity (Wildman–Crippen MR) is 117 cm³/mol. The number of hydrogen-bond acceptors (Lipinski definition) is 4. The molecule has 3 aromatic rings. The van der Waals surface area contributed by atoms with E-state index in [2.05, 4.69) is 19.2 Å². The van der Waals surface area contributed by atoms with Crippen LogP contribution in [-0.2, 0) is 27.9 Å². The summed E-state index contributed by atoms with van der Waals surface area (Å²) in [5, 5.41) is 2.85. The van der Waals surface area contributed by atoms with Gasteiger partial charge in [-0.1, -0.05) is 44.2 Å². The van der Waals surface area contributed by atoms with Crippen molar-refractivity contribution < 1.29 is 14.3 Å². The summed E-state index contributed by atoms with van der Waals surface area (Å²) in [6.45, 7) is 5.44. The van der Waals surface area contributed by atoms with Crippen molar-refractivity contribution in [2.24, 2.45) is 7.05 Å². The lowest BCUT2D eigenvalue weighted by Crippen LogP contribution is -2.33. The van der Waals surface area contributed by atoms with Crippen molar-refractivity contribution in [1.82, 2.24) is 9.13 Å². The highest BCUT2D eigenvalue weighted by atomic mass is 16.5. The van der Waals surface area contributed by atoms with E-state index < -0.39 is 18.0 Å². The third kappa shape index (κ3) is 4.30. The lowest BCUT2D eigenvalue weighted by Gasteiger charge is -2.18. The zero-order valence-electron chi connectivity index (χ0n) is 17.7. The molecule has 7 nitrogen and oxygen atoms in total. The van der Waals surface area contributed by atoms with Gasteiger partial charge in [0.15, 0.2) is 6.10 Å². The van der Waals surface area contributed by atoms with Gasteiger partial charge in [-0.25, -0.2) is 4.79 Å². The van der Waals surface area contributed by atoms with E-state index in [4.69, 9.17) is 4.74 Å². The number of benzene rings is 2. The Morgan fingerprint density at radius 1 is 1.03 bits per heavy atom. The molecule has 0 spiro atoms. The Balaban J connectivity index is 1.69. The number of para-hydroxylation sites is 3. The van der Waals surface area contributed by atoms with Gasteiger partial charge < -0.3 is 10.1 Å². The number of carbonyl (C=O) groups is 2. The summed E-state index contributed by atoms with van der Waals surface area (Å²) >= 11 is 0. The first-order valence-corrected chi connectivity index (χ1v) is 10.1. The van der Waals surface area contributed by atoms with Crippen molar-refractivity contribution in [3.05, 3.63) is 64.6 Å². The number of esters is 1. The van der Waals surface area contributed by atoms with Crippen LogP contribution in [0.2, 0.25) is 0 Å². The Bertz CT molecular complexity index is 1130. The molecule has 0 radical (unpaired) electrons. The zero-order chi connectivity index (χ0) is 21.8. The first-order chi connectivity index (χ1) is 14.3. The molecule has 7 heteroatoms. The van der Waals surface area contributed by atoms with Crippen LogP contribution < -0.4 is 11.0 Å². The van der Waals surface area contributed by atoms with E-state index in [0.717, 1.165) is 17.5 Å². The largest absolute Gasteiger partial charge is 0.451 e. The van der Waals surface area contributed by atoms with Gasteiger partial charge in [-0.15, -0.1) is 0 Å². The minimum absolute atomic E-state index is 0.263. The molecule has 1 aromatic heterocycles. The Kier molecular flexibility index (Phi) is 6.40. The fourth-order valence-corrected chi connectivity index (χ4v) is 3.43. The maximum Gasteiger partial charge on any atom is 0.329 e. The molecule has 1 amide bonds. The summed E-state index contributed by atoms with van der Waals surface area (Å²) in [7, 11) is 1.65. The van der Waals surface area contributed by atoms with Crippen molar-refractivity contribution >= 4 is 28.6 Å². The summed E-state index contributed by atoms with van der Waals surface area (Å²) in [5.74, 6) is -0.770. The van der Waals surface area contributed by atoms with Crippen LogP contribution in [0, 0.1) is 0 Å². The molecule has 1 heterocycles. The Hall–Kier alpha value is -3.35. The number of amides is 1. The maximum absolute atomic E-state index is 12.6. The van der Waals surface area contributed by atoms with Crippen LogP contribution in [0.1, 0.15) is 38.7 Å². The monoisotopic (exact) mass is 409 g/mol. The van der Waals surface area contributed by atoms with Crippen LogP contribution in [0.3, 0.4) is 0 Å². The number of fused-ring (bicyclic) bond motifs is 1. The van der Waals surface area contributed by atoms with Gasteiger partial charge in [0, 0.05) is 12.7 Å². The van der Waals surface area contributed by atoms with Gasteiger partial charge in [-0.3, -0.25) is 18.7 Å². The second-order valence-electron chi connectivity index (χ2n) is 7.43. The molecule has 0 aliphatic carbocycles. The van der Waals surface area contributed by atoms with Gasteiger partial charge in [0.25, 0.3) is 5.91 Å². The summed E-state index contributed by atoms with van der Waals surface area (Å²) in [6.07, 6.45) is -0.0508. The van der Waals surface area contributed by atoms with Crippen LogP contribution in [0.15, 0.2) is 53.3 Å². The van der Waals surface area contributed by atoms with E-state index in [1.807, 2.05) is 36.4 Å². The molecule has 0 aliphatic heterocycles. The van der Waals surface area contributed by atoms with Gasteiger partial charge in [-0.2, -0.15) is 0 Å². The van der Waals surface area contributed by atoms with Crippen molar-refractivity contribution in [3.63, 3.8) is 0 Å². The number of hydrogen-bond donors (Lipinski definition) is 1. The summed E-state index contributed by atoms with van der Waals surface area (Å²) in [5.41, 5.74) is 2.80. The summed E-state index contributed by atoms with van der Waals surface area (Å²) in [6, 6.07) is 14.8.